The predicted molar refractivity (Wildman–Crippen MR) is 130 cm³/mol. The SMILES string of the molecule is Cc1cc(NC(=O)C(Sc2cccc(NC(=O)Cc3ccccc3)c2)c2ccccc2)no1. The summed E-state index contributed by atoms with van der Waals surface area (Å²) in [4.78, 5) is 26.4. The molecule has 1 aromatic heterocycles. The average Bonchev–Trinajstić information content (AvgIpc) is 3.23. The third-order valence-electron chi connectivity index (χ3n) is 4.80. The summed E-state index contributed by atoms with van der Waals surface area (Å²) >= 11 is 1.40. The van der Waals surface area contributed by atoms with Crippen LogP contribution >= 0.6 is 11.8 Å². The van der Waals surface area contributed by atoms with Gasteiger partial charge in [-0.05, 0) is 36.2 Å². The number of anilines is 2. The van der Waals surface area contributed by atoms with E-state index in [0.717, 1.165) is 16.0 Å². The Labute approximate surface area is 196 Å². The maximum atomic E-state index is 13.1. The van der Waals surface area contributed by atoms with Gasteiger partial charge >= 0.3 is 0 Å². The molecule has 4 aromatic rings. The van der Waals surface area contributed by atoms with Crippen molar-refractivity contribution in [3.63, 3.8) is 0 Å². The van der Waals surface area contributed by atoms with Crippen LogP contribution in [0.15, 0.2) is 100 Å². The van der Waals surface area contributed by atoms with Crippen LogP contribution < -0.4 is 10.6 Å². The summed E-state index contributed by atoms with van der Waals surface area (Å²) in [5.41, 5.74) is 2.49. The van der Waals surface area contributed by atoms with E-state index in [1.165, 1.54) is 11.8 Å². The van der Waals surface area contributed by atoms with Crippen LogP contribution in [0.2, 0.25) is 0 Å². The maximum Gasteiger partial charge on any atom is 0.243 e. The number of carbonyl (C=O) groups is 2. The van der Waals surface area contributed by atoms with E-state index in [1.54, 1.807) is 13.0 Å². The first-order chi connectivity index (χ1) is 16.1. The number of thioether (sulfide) groups is 1. The van der Waals surface area contributed by atoms with Gasteiger partial charge in [-0.2, -0.15) is 0 Å². The van der Waals surface area contributed by atoms with E-state index in [-0.39, 0.29) is 11.8 Å². The van der Waals surface area contributed by atoms with Crippen molar-refractivity contribution in [2.24, 2.45) is 0 Å². The van der Waals surface area contributed by atoms with Gasteiger partial charge in [0.1, 0.15) is 11.0 Å². The highest BCUT2D eigenvalue weighted by Crippen LogP contribution is 2.37. The lowest BCUT2D eigenvalue weighted by Crippen LogP contribution is -2.19. The third-order valence-corrected chi connectivity index (χ3v) is 6.05. The highest BCUT2D eigenvalue weighted by atomic mass is 32.2. The quantitative estimate of drug-likeness (QED) is 0.335. The van der Waals surface area contributed by atoms with Crippen LogP contribution in [0, 0.1) is 6.92 Å². The molecule has 2 N–H and O–H groups in total. The number of nitrogens with one attached hydrogen (secondary N) is 2. The summed E-state index contributed by atoms with van der Waals surface area (Å²) in [7, 11) is 0. The topological polar surface area (TPSA) is 84.2 Å². The lowest BCUT2D eigenvalue weighted by molar-refractivity contribution is -0.116. The Bertz CT molecular complexity index is 1230. The van der Waals surface area contributed by atoms with Crippen LogP contribution in [-0.2, 0) is 16.0 Å². The van der Waals surface area contributed by atoms with E-state index in [4.69, 9.17) is 4.52 Å². The molecule has 7 heteroatoms. The summed E-state index contributed by atoms with van der Waals surface area (Å²) in [6.07, 6.45) is 0.296. The molecular weight excluding hydrogens is 434 g/mol. The van der Waals surface area contributed by atoms with Crippen LogP contribution in [0.25, 0.3) is 0 Å². The molecule has 0 aliphatic heterocycles. The monoisotopic (exact) mass is 457 g/mol. The van der Waals surface area contributed by atoms with Crippen molar-refractivity contribution in [1.29, 1.82) is 0 Å². The standard InChI is InChI=1S/C26H23N3O3S/c1-18-15-23(29-32-18)28-26(31)25(20-11-6-3-7-12-20)33-22-14-8-13-21(17-22)27-24(30)16-19-9-4-2-5-10-19/h2-15,17,25H,16H2,1H3,(H,27,30)(H,28,29,31). The lowest BCUT2D eigenvalue weighted by atomic mass is 10.1. The molecule has 0 saturated carbocycles. The molecular formula is C26H23N3O3S. The van der Waals surface area contributed by atoms with Gasteiger partial charge in [-0.1, -0.05) is 71.9 Å². The van der Waals surface area contributed by atoms with Gasteiger partial charge in [0.15, 0.2) is 5.82 Å². The third kappa shape index (κ3) is 6.33. The Hall–Kier alpha value is -3.84. The van der Waals surface area contributed by atoms with Crippen LogP contribution in [-0.4, -0.2) is 17.0 Å². The minimum Gasteiger partial charge on any atom is -0.360 e. The van der Waals surface area contributed by atoms with Gasteiger partial charge < -0.3 is 15.2 Å². The number of carbonyl (C=O) groups excluding carboxylic acids is 2. The van der Waals surface area contributed by atoms with Crippen molar-refractivity contribution < 1.29 is 14.1 Å². The first kappa shape index (κ1) is 22.4. The van der Waals surface area contributed by atoms with E-state index in [2.05, 4.69) is 15.8 Å². The lowest BCUT2D eigenvalue weighted by Gasteiger charge is -2.17. The fraction of sp³-hybridized carbons (Fsp3) is 0.115. The fourth-order valence-corrected chi connectivity index (χ4v) is 4.37. The molecule has 0 bridgehead atoms. The second-order valence-electron chi connectivity index (χ2n) is 7.46. The maximum absolute atomic E-state index is 13.1. The Balaban J connectivity index is 1.49. The smallest absolute Gasteiger partial charge is 0.243 e. The Morgan fingerprint density at radius 2 is 1.64 bits per heavy atom. The number of benzene rings is 3. The van der Waals surface area contributed by atoms with E-state index >= 15 is 0 Å². The van der Waals surface area contributed by atoms with Crippen LogP contribution in [0.5, 0.6) is 0 Å². The molecule has 4 rings (SSSR count). The molecule has 0 fully saturated rings. The van der Waals surface area contributed by atoms with Gasteiger partial charge in [0.2, 0.25) is 11.8 Å². The van der Waals surface area contributed by atoms with Crippen molar-refractivity contribution >= 4 is 35.1 Å². The van der Waals surface area contributed by atoms with Crippen molar-refractivity contribution in [2.75, 3.05) is 10.6 Å². The van der Waals surface area contributed by atoms with Gasteiger partial charge in [0.25, 0.3) is 0 Å². The van der Waals surface area contributed by atoms with Gasteiger partial charge in [-0.25, -0.2) is 0 Å². The molecule has 6 nitrogen and oxygen atoms in total. The summed E-state index contributed by atoms with van der Waals surface area (Å²) in [5, 5.41) is 9.10. The fourth-order valence-electron chi connectivity index (χ4n) is 3.29. The first-order valence-electron chi connectivity index (χ1n) is 10.5. The molecule has 0 aliphatic carbocycles. The zero-order valence-corrected chi connectivity index (χ0v) is 18.8. The Morgan fingerprint density at radius 3 is 2.33 bits per heavy atom. The number of nitrogens with zero attached hydrogens (tertiary/aromatic N) is 1. The van der Waals surface area contributed by atoms with Crippen molar-refractivity contribution in [3.05, 3.63) is 108 Å². The summed E-state index contributed by atoms with van der Waals surface area (Å²) in [6, 6.07) is 28.3. The zero-order valence-electron chi connectivity index (χ0n) is 18.0. The summed E-state index contributed by atoms with van der Waals surface area (Å²) in [6.45, 7) is 1.77. The number of hydrogen-bond donors (Lipinski definition) is 2. The second-order valence-corrected chi connectivity index (χ2v) is 8.64. The predicted octanol–water partition coefficient (Wildman–Crippen LogP) is 5.64. The summed E-state index contributed by atoms with van der Waals surface area (Å²) in [5.74, 6) is 0.689. The van der Waals surface area contributed by atoms with E-state index in [0.29, 0.717) is 23.7 Å². The van der Waals surface area contributed by atoms with Gasteiger partial charge in [-0.15, -0.1) is 11.8 Å². The molecule has 166 valence electrons. The minimum absolute atomic E-state index is 0.0953. The molecule has 1 heterocycles. The van der Waals surface area contributed by atoms with E-state index in [9.17, 15) is 9.59 Å². The molecule has 0 spiro atoms. The number of rotatable bonds is 8. The van der Waals surface area contributed by atoms with E-state index in [1.807, 2.05) is 84.9 Å². The molecule has 0 aliphatic rings. The largest absolute Gasteiger partial charge is 0.360 e. The normalized spacial score (nSPS) is 11.5. The van der Waals surface area contributed by atoms with Gasteiger partial charge in [0.05, 0.1) is 6.42 Å². The van der Waals surface area contributed by atoms with Crippen molar-refractivity contribution in [1.82, 2.24) is 5.16 Å². The number of hydrogen-bond acceptors (Lipinski definition) is 5. The molecule has 0 saturated heterocycles. The van der Waals surface area contributed by atoms with Crippen LogP contribution in [0.1, 0.15) is 22.1 Å². The highest BCUT2D eigenvalue weighted by molar-refractivity contribution is 8.00. The number of amides is 2. The summed E-state index contributed by atoms with van der Waals surface area (Å²) < 4.78 is 5.05. The molecule has 3 aromatic carbocycles. The van der Waals surface area contributed by atoms with Gasteiger partial charge in [-0.3, -0.25) is 9.59 Å². The molecule has 1 atom stereocenters. The first-order valence-corrected chi connectivity index (χ1v) is 11.3. The second kappa shape index (κ2) is 10.7. The Kier molecular flexibility index (Phi) is 7.22. The number of aromatic nitrogens is 1. The average molecular weight is 458 g/mol. The van der Waals surface area contributed by atoms with Crippen LogP contribution in [0.4, 0.5) is 11.5 Å². The zero-order chi connectivity index (χ0) is 23.0. The van der Waals surface area contributed by atoms with E-state index < -0.39 is 5.25 Å². The molecule has 33 heavy (non-hydrogen) atoms. The molecule has 0 radical (unpaired) electrons. The highest BCUT2D eigenvalue weighted by Gasteiger charge is 2.23. The number of aryl methyl sites for hydroxylation is 1. The van der Waals surface area contributed by atoms with Gasteiger partial charge in [0, 0.05) is 16.6 Å². The van der Waals surface area contributed by atoms with Crippen molar-refractivity contribution in [2.45, 2.75) is 23.5 Å². The van der Waals surface area contributed by atoms with Crippen LogP contribution in [0.3, 0.4) is 0 Å². The van der Waals surface area contributed by atoms with Crippen molar-refractivity contribution in [3.8, 4) is 0 Å². The Morgan fingerprint density at radius 1 is 0.909 bits per heavy atom. The molecule has 2 amide bonds. The molecule has 1 unspecified atom stereocenters. The minimum atomic E-state index is -0.515.